The summed E-state index contributed by atoms with van der Waals surface area (Å²) in [7, 11) is 0. The Bertz CT molecular complexity index is 173. The highest BCUT2D eigenvalue weighted by atomic mass is 16.5. The second-order valence-electron chi connectivity index (χ2n) is 5.26. The Hall–Kier alpha value is -0.0800. The molecule has 2 fully saturated rings. The average Bonchev–Trinajstić information content (AvgIpc) is 2.48. The van der Waals surface area contributed by atoms with Crippen molar-refractivity contribution in [3.8, 4) is 0 Å². The van der Waals surface area contributed by atoms with E-state index in [1.807, 2.05) is 0 Å². The summed E-state index contributed by atoms with van der Waals surface area (Å²) in [5.41, 5.74) is 0.539. The van der Waals surface area contributed by atoms with Crippen LogP contribution in [0.25, 0.3) is 0 Å². The van der Waals surface area contributed by atoms with Gasteiger partial charge in [-0.15, -0.1) is 0 Å². The first-order valence-electron chi connectivity index (χ1n) is 5.49. The second kappa shape index (κ2) is 3.58. The molecule has 0 radical (unpaired) electrons. The number of likely N-dealkylation sites (tertiary alicyclic amines) is 1. The van der Waals surface area contributed by atoms with Crippen molar-refractivity contribution in [1.29, 1.82) is 0 Å². The van der Waals surface area contributed by atoms with Crippen molar-refractivity contribution in [1.82, 2.24) is 4.90 Å². The molecule has 0 N–H and O–H groups in total. The van der Waals surface area contributed by atoms with Crippen LogP contribution in [0.3, 0.4) is 0 Å². The summed E-state index contributed by atoms with van der Waals surface area (Å²) in [6.07, 6.45) is 3.95. The van der Waals surface area contributed by atoms with Gasteiger partial charge in [-0.3, -0.25) is 4.90 Å². The number of hydrogen-bond donors (Lipinski definition) is 0. The Morgan fingerprint density at radius 1 is 1.38 bits per heavy atom. The highest BCUT2D eigenvalue weighted by molar-refractivity contribution is 4.87. The highest BCUT2D eigenvalue weighted by Gasteiger charge is 2.33. The number of ether oxygens (including phenoxy) is 1. The molecule has 1 atom stereocenters. The fraction of sp³-hybridized carbons (Fsp3) is 1.00. The van der Waals surface area contributed by atoms with Crippen LogP contribution in [-0.4, -0.2) is 37.2 Å². The van der Waals surface area contributed by atoms with Crippen LogP contribution in [0.15, 0.2) is 0 Å². The van der Waals surface area contributed by atoms with Gasteiger partial charge in [-0.2, -0.15) is 0 Å². The maximum atomic E-state index is 5.52. The average molecular weight is 183 g/mol. The van der Waals surface area contributed by atoms with E-state index in [4.69, 9.17) is 4.74 Å². The minimum Gasteiger partial charge on any atom is -0.380 e. The Morgan fingerprint density at radius 3 is 2.77 bits per heavy atom. The molecule has 2 saturated heterocycles. The van der Waals surface area contributed by atoms with Crippen molar-refractivity contribution in [2.45, 2.75) is 39.2 Å². The number of nitrogens with zero attached hydrogens (tertiary/aromatic N) is 1. The zero-order valence-corrected chi connectivity index (χ0v) is 8.88. The van der Waals surface area contributed by atoms with E-state index in [0.717, 1.165) is 19.3 Å². The van der Waals surface area contributed by atoms with E-state index < -0.39 is 0 Å². The molecule has 2 heterocycles. The zero-order chi connectivity index (χ0) is 9.31. The van der Waals surface area contributed by atoms with Gasteiger partial charge in [0.1, 0.15) is 0 Å². The molecule has 2 aliphatic rings. The lowest BCUT2D eigenvalue weighted by molar-refractivity contribution is 0.0237. The summed E-state index contributed by atoms with van der Waals surface area (Å²) < 4.78 is 5.52. The van der Waals surface area contributed by atoms with Gasteiger partial charge in [-0.1, -0.05) is 13.8 Å². The van der Waals surface area contributed by atoms with Gasteiger partial charge >= 0.3 is 0 Å². The summed E-state index contributed by atoms with van der Waals surface area (Å²) in [6.45, 7) is 9.24. The molecule has 13 heavy (non-hydrogen) atoms. The first kappa shape index (κ1) is 9.47. The molecule has 0 aliphatic carbocycles. The standard InChI is InChI=1S/C11H21NO/c1-11(2)5-6-12(9-11)10-4-3-7-13-8-10/h10H,3-9H2,1-2H3/t10-/m0/s1. The monoisotopic (exact) mass is 183 g/mol. The molecule has 76 valence electrons. The van der Waals surface area contributed by atoms with Crippen molar-refractivity contribution in [3.63, 3.8) is 0 Å². The molecule has 2 nitrogen and oxygen atoms in total. The van der Waals surface area contributed by atoms with Gasteiger partial charge in [0.15, 0.2) is 0 Å². The predicted molar refractivity (Wildman–Crippen MR) is 53.8 cm³/mol. The minimum absolute atomic E-state index is 0.539. The second-order valence-corrected chi connectivity index (χ2v) is 5.26. The lowest BCUT2D eigenvalue weighted by atomic mass is 9.93. The molecule has 2 aliphatic heterocycles. The fourth-order valence-corrected chi connectivity index (χ4v) is 2.48. The maximum absolute atomic E-state index is 5.52. The van der Waals surface area contributed by atoms with Crippen molar-refractivity contribution in [3.05, 3.63) is 0 Å². The van der Waals surface area contributed by atoms with Gasteiger partial charge in [0.25, 0.3) is 0 Å². The molecular weight excluding hydrogens is 162 g/mol. The van der Waals surface area contributed by atoms with E-state index in [-0.39, 0.29) is 0 Å². The van der Waals surface area contributed by atoms with Crippen LogP contribution in [-0.2, 0) is 4.74 Å². The lowest BCUT2D eigenvalue weighted by Crippen LogP contribution is -2.40. The Labute approximate surface area is 81.3 Å². The maximum Gasteiger partial charge on any atom is 0.0621 e. The summed E-state index contributed by atoms with van der Waals surface area (Å²) >= 11 is 0. The van der Waals surface area contributed by atoms with E-state index in [2.05, 4.69) is 18.7 Å². The largest absolute Gasteiger partial charge is 0.380 e. The molecule has 0 aromatic heterocycles. The van der Waals surface area contributed by atoms with Gasteiger partial charge in [0, 0.05) is 19.2 Å². The molecule has 0 aromatic carbocycles. The van der Waals surface area contributed by atoms with Crippen LogP contribution in [0.5, 0.6) is 0 Å². The quantitative estimate of drug-likeness (QED) is 0.615. The van der Waals surface area contributed by atoms with Gasteiger partial charge in [-0.25, -0.2) is 0 Å². The number of rotatable bonds is 1. The molecule has 0 saturated carbocycles. The lowest BCUT2D eigenvalue weighted by Gasteiger charge is -2.31. The Morgan fingerprint density at radius 2 is 2.23 bits per heavy atom. The number of hydrogen-bond acceptors (Lipinski definition) is 2. The Balaban J connectivity index is 1.87. The summed E-state index contributed by atoms with van der Waals surface area (Å²) in [5.74, 6) is 0. The first-order chi connectivity index (χ1) is 6.17. The van der Waals surface area contributed by atoms with Crippen LogP contribution in [0.4, 0.5) is 0 Å². The third-order valence-corrected chi connectivity index (χ3v) is 3.36. The zero-order valence-electron chi connectivity index (χ0n) is 8.88. The molecule has 0 spiro atoms. The van der Waals surface area contributed by atoms with Crippen LogP contribution in [0, 0.1) is 5.41 Å². The summed E-state index contributed by atoms with van der Waals surface area (Å²) in [5, 5.41) is 0. The summed E-state index contributed by atoms with van der Waals surface area (Å²) in [6, 6.07) is 0.718. The van der Waals surface area contributed by atoms with Crippen LogP contribution in [0.2, 0.25) is 0 Å². The highest BCUT2D eigenvalue weighted by Crippen LogP contribution is 2.31. The van der Waals surface area contributed by atoms with Crippen molar-refractivity contribution >= 4 is 0 Å². The third-order valence-electron chi connectivity index (χ3n) is 3.36. The van der Waals surface area contributed by atoms with E-state index in [0.29, 0.717) is 5.41 Å². The van der Waals surface area contributed by atoms with Crippen LogP contribution in [0.1, 0.15) is 33.1 Å². The topological polar surface area (TPSA) is 12.5 Å². The first-order valence-corrected chi connectivity index (χ1v) is 5.49. The van der Waals surface area contributed by atoms with Gasteiger partial charge < -0.3 is 4.74 Å². The normalized spacial score (nSPS) is 35.1. The fourth-order valence-electron chi connectivity index (χ4n) is 2.48. The van der Waals surface area contributed by atoms with Crippen molar-refractivity contribution < 1.29 is 4.74 Å². The minimum atomic E-state index is 0.539. The molecule has 2 rings (SSSR count). The molecular formula is C11H21NO. The smallest absolute Gasteiger partial charge is 0.0621 e. The van der Waals surface area contributed by atoms with Crippen LogP contribution < -0.4 is 0 Å². The van der Waals surface area contributed by atoms with Crippen molar-refractivity contribution in [2.75, 3.05) is 26.3 Å². The van der Waals surface area contributed by atoms with E-state index in [9.17, 15) is 0 Å². The van der Waals surface area contributed by atoms with Crippen LogP contribution >= 0.6 is 0 Å². The summed E-state index contributed by atoms with van der Waals surface area (Å²) in [4.78, 5) is 2.62. The molecule has 2 heteroatoms. The van der Waals surface area contributed by atoms with E-state index >= 15 is 0 Å². The van der Waals surface area contributed by atoms with Gasteiger partial charge in [0.2, 0.25) is 0 Å². The van der Waals surface area contributed by atoms with Gasteiger partial charge in [-0.05, 0) is 31.2 Å². The molecule has 0 aromatic rings. The molecule has 0 unspecified atom stereocenters. The molecule has 0 bridgehead atoms. The SMILES string of the molecule is CC1(C)CCN([C@H]2CCCOC2)C1. The van der Waals surface area contributed by atoms with Gasteiger partial charge in [0.05, 0.1) is 6.61 Å². The molecule has 0 amide bonds. The Kier molecular flexibility index (Phi) is 2.61. The van der Waals surface area contributed by atoms with Crippen molar-refractivity contribution in [2.24, 2.45) is 5.41 Å². The third kappa shape index (κ3) is 2.23. The van der Waals surface area contributed by atoms with E-state index in [1.54, 1.807) is 0 Å². The van der Waals surface area contributed by atoms with E-state index in [1.165, 1.54) is 32.4 Å². The predicted octanol–water partition coefficient (Wildman–Crippen LogP) is 1.90.